The fraction of sp³-hybridized carbons (Fsp3) is 0.320. The van der Waals surface area contributed by atoms with Gasteiger partial charge in [0.15, 0.2) is 0 Å². The van der Waals surface area contributed by atoms with Crippen molar-refractivity contribution in [3.05, 3.63) is 78.0 Å². The van der Waals surface area contributed by atoms with Crippen LogP contribution >= 0.6 is 0 Å². The third kappa shape index (κ3) is 3.72. The van der Waals surface area contributed by atoms with E-state index in [1.807, 2.05) is 24.3 Å². The Hall–Kier alpha value is -3.07. The van der Waals surface area contributed by atoms with Crippen LogP contribution in [0.1, 0.15) is 29.7 Å². The molecule has 3 aliphatic rings. The van der Waals surface area contributed by atoms with Gasteiger partial charge in [-0.15, -0.1) is 0 Å². The van der Waals surface area contributed by atoms with Gasteiger partial charge in [0, 0.05) is 49.2 Å². The van der Waals surface area contributed by atoms with Crippen LogP contribution in [-0.4, -0.2) is 50.2 Å². The van der Waals surface area contributed by atoms with E-state index in [1.54, 1.807) is 24.8 Å². The molecule has 1 aromatic carbocycles. The molecule has 2 aromatic heterocycles. The Morgan fingerprint density at radius 1 is 1.03 bits per heavy atom. The number of rotatable bonds is 3. The molecular formula is C25H24N4O. The van der Waals surface area contributed by atoms with Crippen molar-refractivity contribution in [2.45, 2.75) is 24.9 Å². The molecule has 0 amide bonds. The van der Waals surface area contributed by atoms with Crippen LogP contribution < -0.4 is 0 Å². The number of hydrogen-bond donors (Lipinski definition) is 1. The Kier molecular flexibility index (Phi) is 5.04. The van der Waals surface area contributed by atoms with Gasteiger partial charge in [-0.3, -0.25) is 19.9 Å². The van der Waals surface area contributed by atoms with Gasteiger partial charge in [-0.2, -0.15) is 0 Å². The van der Waals surface area contributed by atoms with Crippen LogP contribution in [0.5, 0.6) is 0 Å². The smallest absolute Gasteiger partial charge is 0.141 e. The molecule has 0 spiro atoms. The van der Waals surface area contributed by atoms with E-state index in [2.05, 4.69) is 43.8 Å². The van der Waals surface area contributed by atoms with Crippen LogP contribution in [0.25, 0.3) is 11.3 Å². The predicted molar refractivity (Wildman–Crippen MR) is 116 cm³/mol. The first-order valence-corrected chi connectivity index (χ1v) is 10.5. The average molecular weight is 396 g/mol. The largest absolute Gasteiger partial charge is 0.376 e. The predicted octanol–water partition coefficient (Wildman–Crippen LogP) is 2.94. The lowest BCUT2D eigenvalue weighted by Gasteiger charge is -2.47. The first-order chi connectivity index (χ1) is 14.7. The minimum absolute atomic E-state index is 0.250. The number of benzene rings is 1. The minimum Gasteiger partial charge on any atom is -0.376 e. The summed E-state index contributed by atoms with van der Waals surface area (Å²) in [6.07, 6.45) is 9.66. The van der Waals surface area contributed by atoms with E-state index >= 15 is 0 Å². The molecule has 6 rings (SSSR count). The van der Waals surface area contributed by atoms with Crippen LogP contribution in [0.3, 0.4) is 0 Å². The molecule has 3 saturated heterocycles. The Labute approximate surface area is 176 Å². The van der Waals surface area contributed by atoms with Crippen molar-refractivity contribution >= 4 is 0 Å². The molecular weight excluding hydrogens is 372 g/mol. The van der Waals surface area contributed by atoms with E-state index in [1.165, 1.54) is 5.56 Å². The van der Waals surface area contributed by atoms with Gasteiger partial charge >= 0.3 is 0 Å². The maximum atomic E-state index is 11.2. The molecule has 5 nitrogen and oxygen atoms in total. The number of nitrogens with zero attached hydrogens (tertiary/aromatic N) is 4. The molecule has 1 N–H and O–H groups in total. The van der Waals surface area contributed by atoms with Crippen LogP contribution in [0, 0.1) is 17.8 Å². The van der Waals surface area contributed by atoms with Crippen molar-refractivity contribution in [2.75, 3.05) is 19.6 Å². The van der Waals surface area contributed by atoms with E-state index in [0.717, 1.165) is 48.4 Å². The van der Waals surface area contributed by atoms with Gasteiger partial charge < -0.3 is 5.11 Å². The SMILES string of the molecule is OC1(C#Cc2cnccc2-c2nccnc2Cc2ccccc2)CN2CCC1CC2. The maximum Gasteiger partial charge on any atom is 0.141 e. The van der Waals surface area contributed by atoms with Crippen LogP contribution in [0.4, 0.5) is 0 Å². The Balaban J connectivity index is 1.50. The monoisotopic (exact) mass is 396 g/mol. The van der Waals surface area contributed by atoms with E-state index in [4.69, 9.17) is 0 Å². The van der Waals surface area contributed by atoms with Crippen molar-refractivity contribution in [3.8, 4) is 23.1 Å². The second-order valence-corrected chi connectivity index (χ2v) is 8.16. The molecule has 30 heavy (non-hydrogen) atoms. The molecule has 5 heteroatoms. The van der Waals surface area contributed by atoms with Crippen molar-refractivity contribution < 1.29 is 5.11 Å². The van der Waals surface area contributed by atoms with E-state index in [9.17, 15) is 5.11 Å². The highest BCUT2D eigenvalue weighted by atomic mass is 16.3. The zero-order valence-corrected chi connectivity index (χ0v) is 16.8. The van der Waals surface area contributed by atoms with Gasteiger partial charge in [0.1, 0.15) is 5.60 Å². The van der Waals surface area contributed by atoms with Gasteiger partial charge in [-0.1, -0.05) is 42.2 Å². The van der Waals surface area contributed by atoms with Gasteiger partial charge in [0.2, 0.25) is 0 Å². The number of hydrogen-bond acceptors (Lipinski definition) is 5. The molecule has 1 unspecified atom stereocenters. The summed E-state index contributed by atoms with van der Waals surface area (Å²) in [4.78, 5) is 15.8. The summed E-state index contributed by atoms with van der Waals surface area (Å²) >= 11 is 0. The molecule has 0 radical (unpaired) electrons. The standard InChI is InChI=1S/C25H24N4O/c30-25(18-29-14-8-21(25)9-15-29)10-6-20-17-26-11-7-22(20)24-23(27-12-13-28-24)16-19-4-2-1-3-5-19/h1-5,7,11-13,17,21,30H,8-9,14-16,18H2. The molecule has 3 fully saturated rings. The van der Waals surface area contributed by atoms with Crippen LogP contribution in [-0.2, 0) is 6.42 Å². The normalized spacial score (nSPS) is 24.8. The first kappa shape index (κ1) is 18.9. The summed E-state index contributed by atoms with van der Waals surface area (Å²) in [6, 6.07) is 12.2. The molecule has 150 valence electrons. The Morgan fingerprint density at radius 2 is 1.83 bits per heavy atom. The zero-order chi connectivity index (χ0) is 20.4. The second kappa shape index (κ2) is 7.98. The van der Waals surface area contributed by atoms with Crippen molar-refractivity contribution in [3.63, 3.8) is 0 Å². The third-order valence-electron chi connectivity index (χ3n) is 6.21. The lowest BCUT2D eigenvalue weighted by molar-refractivity contribution is -0.0713. The number of pyridine rings is 1. The zero-order valence-electron chi connectivity index (χ0n) is 16.8. The van der Waals surface area contributed by atoms with E-state index in [-0.39, 0.29) is 5.92 Å². The van der Waals surface area contributed by atoms with E-state index < -0.39 is 5.60 Å². The lowest BCUT2D eigenvalue weighted by Crippen LogP contribution is -2.58. The second-order valence-electron chi connectivity index (χ2n) is 8.16. The van der Waals surface area contributed by atoms with Gasteiger partial charge in [-0.25, -0.2) is 0 Å². The van der Waals surface area contributed by atoms with Crippen molar-refractivity contribution in [1.29, 1.82) is 0 Å². The summed E-state index contributed by atoms with van der Waals surface area (Å²) in [5.41, 5.74) is 3.63. The molecule has 3 aliphatic heterocycles. The van der Waals surface area contributed by atoms with Crippen LogP contribution in [0.15, 0.2) is 61.2 Å². The average Bonchev–Trinajstić information content (AvgIpc) is 2.80. The molecule has 2 bridgehead atoms. The van der Waals surface area contributed by atoms with Crippen LogP contribution in [0.2, 0.25) is 0 Å². The number of fused-ring (bicyclic) bond motifs is 3. The summed E-state index contributed by atoms with van der Waals surface area (Å²) in [6.45, 7) is 2.76. The van der Waals surface area contributed by atoms with Gasteiger partial charge in [-0.05, 0) is 37.6 Å². The van der Waals surface area contributed by atoms with Crippen molar-refractivity contribution in [2.24, 2.45) is 5.92 Å². The maximum absolute atomic E-state index is 11.2. The minimum atomic E-state index is -0.946. The number of aromatic nitrogens is 3. The lowest BCUT2D eigenvalue weighted by atomic mass is 9.75. The van der Waals surface area contributed by atoms with Gasteiger partial charge in [0.05, 0.1) is 17.0 Å². The fourth-order valence-corrected chi connectivity index (χ4v) is 4.57. The number of piperidine rings is 3. The number of aliphatic hydroxyl groups is 1. The Bertz CT molecular complexity index is 1100. The van der Waals surface area contributed by atoms with E-state index in [0.29, 0.717) is 13.0 Å². The summed E-state index contributed by atoms with van der Waals surface area (Å²) < 4.78 is 0. The molecule has 5 heterocycles. The topological polar surface area (TPSA) is 62.1 Å². The highest BCUT2D eigenvalue weighted by molar-refractivity contribution is 5.69. The third-order valence-corrected chi connectivity index (χ3v) is 6.21. The molecule has 3 aromatic rings. The summed E-state index contributed by atoms with van der Waals surface area (Å²) in [5.74, 6) is 6.69. The molecule has 1 atom stereocenters. The molecule has 0 saturated carbocycles. The highest BCUT2D eigenvalue weighted by Gasteiger charge is 2.44. The van der Waals surface area contributed by atoms with Gasteiger partial charge in [0.25, 0.3) is 0 Å². The molecule has 0 aliphatic carbocycles. The quantitative estimate of drug-likeness (QED) is 0.690. The summed E-state index contributed by atoms with van der Waals surface area (Å²) in [7, 11) is 0. The Morgan fingerprint density at radius 3 is 2.60 bits per heavy atom. The first-order valence-electron chi connectivity index (χ1n) is 10.5. The van der Waals surface area contributed by atoms with Crippen molar-refractivity contribution in [1.82, 2.24) is 19.9 Å². The fourth-order valence-electron chi connectivity index (χ4n) is 4.57. The highest BCUT2D eigenvalue weighted by Crippen LogP contribution is 2.35. The summed E-state index contributed by atoms with van der Waals surface area (Å²) in [5, 5.41) is 11.2.